The van der Waals surface area contributed by atoms with Gasteiger partial charge in [0.2, 0.25) is 5.91 Å². The van der Waals surface area contributed by atoms with Crippen molar-refractivity contribution < 1.29 is 23.1 Å². The first kappa shape index (κ1) is 21.7. The van der Waals surface area contributed by atoms with Gasteiger partial charge in [-0.05, 0) is 51.0 Å². The second-order valence-corrected chi connectivity index (χ2v) is 8.34. The van der Waals surface area contributed by atoms with Crippen LogP contribution < -0.4 is 5.32 Å². The van der Waals surface area contributed by atoms with Gasteiger partial charge in [0.1, 0.15) is 23.1 Å². The third-order valence-electron chi connectivity index (χ3n) is 4.71. The minimum absolute atomic E-state index is 0.0446. The van der Waals surface area contributed by atoms with Gasteiger partial charge >= 0.3 is 6.09 Å². The summed E-state index contributed by atoms with van der Waals surface area (Å²) < 4.78 is 35.0. The van der Waals surface area contributed by atoms with Crippen molar-refractivity contribution in [3.63, 3.8) is 0 Å². The Morgan fingerprint density at radius 1 is 1.27 bits per heavy atom. The summed E-state index contributed by atoms with van der Waals surface area (Å²) in [7, 11) is 0. The first-order valence-corrected chi connectivity index (χ1v) is 9.82. The van der Waals surface area contributed by atoms with E-state index in [1.807, 2.05) is 10.8 Å². The molecule has 9 heteroatoms. The minimum atomic E-state index is -0.759. The lowest BCUT2D eigenvalue weighted by Crippen LogP contribution is -2.45. The van der Waals surface area contributed by atoms with Crippen molar-refractivity contribution in [1.29, 1.82) is 0 Å². The van der Waals surface area contributed by atoms with E-state index in [2.05, 4.69) is 10.3 Å². The van der Waals surface area contributed by atoms with E-state index in [1.54, 1.807) is 31.9 Å². The molecule has 0 saturated carbocycles. The van der Waals surface area contributed by atoms with Gasteiger partial charge in [0.05, 0.1) is 6.54 Å². The maximum absolute atomic E-state index is 14.1. The largest absolute Gasteiger partial charge is 0.444 e. The quantitative estimate of drug-likeness (QED) is 0.807. The number of rotatable bonds is 5. The number of imidazole rings is 1. The molecule has 1 unspecified atom stereocenters. The fraction of sp³-hybridized carbons (Fsp3) is 0.476. The van der Waals surface area contributed by atoms with Crippen LogP contribution in [0.25, 0.3) is 0 Å². The molecule has 2 heterocycles. The van der Waals surface area contributed by atoms with E-state index in [0.717, 1.165) is 24.0 Å². The molecule has 0 spiro atoms. The van der Waals surface area contributed by atoms with Crippen LogP contribution in [0.3, 0.4) is 0 Å². The highest BCUT2D eigenvalue weighted by atomic mass is 19.1. The lowest BCUT2D eigenvalue weighted by Gasteiger charge is -2.30. The fourth-order valence-electron chi connectivity index (χ4n) is 3.34. The maximum atomic E-state index is 14.1. The van der Waals surface area contributed by atoms with Gasteiger partial charge in [-0.3, -0.25) is 4.79 Å². The fourth-order valence-corrected chi connectivity index (χ4v) is 3.34. The number of nitrogens with zero attached hydrogens (tertiary/aromatic N) is 3. The Labute approximate surface area is 174 Å². The first-order chi connectivity index (χ1) is 14.1. The number of carbonyl (C=O) groups is 2. The summed E-state index contributed by atoms with van der Waals surface area (Å²) in [5.74, 6) is -0.610. The molecule has 0 fully saturated rings. The predicted molar refractivity (Wildman–Crippen MR) is 105 cm³/mol. The Morgan fingerprint density at radius 3 is 2.77 bits per heavy atom. The Balaban J connectivity index is 1.72. The molecular formula is C21H26F2N4O3. The lowest BCUT2D eigenvalue weighted by atomic mass is 10.0. The summed E-state index contributed by atoms with van der Waals surface area (Å²) in [6, 6.07) is 2.36. The molecule has 2 amide bonds. The second kappa shape index (κ2) is 8.81. The molecule has 30 heavy (non-hydrogen) atoms. The number of aromatic nitrogens is 2. The highest BCUT2D eigenvalue weighted by molar-refractivity contribution is 5.78. The van der Waals surface area contributed by atoms with E-state index >= 15 is 0 Å². The van der Waals surface area contributed by atoms with Crippen molar-refractivity contribution >= 4 is 12.0 Å². The molecule has 1 aromatic carbocycles. The smallest absolute Gasteiger partial charge is 0.407 e. The van der Waals surface area contributed by atoms with Gasteiger partial charge in [0.15, 0.2) is 0 Å². The number of nitrogens with one attached hydrogen (secondary N) is 1. The van der Waals surface area contributed by atoms with Crippen molar-refractivity contribution in [2.24, 2.45) is 0 Å². The summed E-state index contributed by atoms with van der Waals surface area (Å²) in [5.41, 5.74) is -0.648. The normalized spacial score (nSPS) is 14.8. The molecule has 1 aromatic heterocycles. The molecule has 1 atom stereocenters. The molecule has 162 valence electrons. The number of carbonyl (C=O) groups excluding carboxylic acids is 2. The number of alkyl carbamates (subject to hydrolysis) is 1. The Bertz CT molecular complexity index is 923. The van der Waals surface area contributed by atoms with Crippen molar-refractivity contribution in [2.75, 3.05) is 6.54 Å². The van der Waals surface area contributed by atoms with E-state index in [1.165, 1.54) is 0 Å². The number of fused-ring (bicyclic) bond motifs is 1. The third kappa shape index (κ3) is 5.77. The molecular weight excluding hydrogens is 394 g/mol. The van der Waals surface area contributed by atoms with Crippen molar-refractivity contribution in [3.05, 3.63) is 53.6 Å². The topological polar surface area (TPSA) is 76.5 Å². The zero-order valence-corrected chi connectivity index (χ0v) is 17.3. The molecule has 1 aliphatic rings. The van der Waals surface area contributed by atoms with Crippen molar-refractivity contribution in [1.82, 2.24) is 19.8 Å². The van der Waals surface area contributed by atoms with Gasteiger partial charge in [-0.1, -0.05) is 0 Å². The molecule has 1 aliphatic heterocycles. The first-order valence-electron chi connectivity index (χ1n) is 9.82. The zero-order chi connectivity index (χ0) is 21.9. The Morgan fingerprint density at radius 2 is 2.03 bits per heavy atom. The zero-order valence-electron chi connectivity index (χ0n) is 17.3. The average Bonchev–Trinajstić information content (AvgIpc) is 3.10. The van der Waals surface area contributed by atoms with E-state index in [0.29, 0.717) is 19.6 Å². The average molecular weight is 420 g/mol. The van der Waals surface area contributed by atoms with Gasteiger partial charge in [0, 0.05) is 37.9 Å². The number of ether oxygens (including phenoxy) is 1. The van der Waals surface area contributed by atoms with Gasteiger partial charge < -0.3 is 19.5 Å². The van der Waals surface area contributed by atoms with Crippen LogP contribution in [-0.4, -0.2) is 44.6 Å². The predicted octanol–water partition coefficient (Wildman–Crippen LogP) is 3.03. The van der Waals surface area contributed by atoms with Crippen LogP contribution in [0.4, 0.5) is 13.6 Å². The summed E-state index contributed by atoms with van der Waals surface area (Å²) >= 11 is 0. The van der Waals surface area contributed by atoms with E-state index < -0.39 is 29.4 Å². The Kier molecular flexibility index (Phi) is 6.38. The van der Waals surface area contributed by atoms with Crippen molar-refractivity contribution in [2.45, 2.75) is 58.3 Å². The molecule has 1 N–H and O–H groups in total. The summed E-state index contributed by atoms with van der Waals surface area (Å²) in [5, 5.41) is 2.63. The number of hydrogen-bond acceptors (Lipinski definition) is 4. The highest BCUT2D eigenvalue weighted by Crippen LogP contribution is 2.17. The van der Waals surface area contributed by atoms with Crippen LogP contribution in [-0.2, 0) is 29.0 Å². The number of amides is 2. The summed E-state index contributed by atoms with van der Waals surface area (Å²) in [4.78, 5) is 31.0. The maximum Gasteiger partial charge on any atom is 0.407 e. The highest BCUT2D eigenvalue weighted by Gasteiger charge is 2.27. The van der Waals surface area contributed by atoms with Gasteiger partial charge in [-0.2, -0.15) is 0 Å². The molecule has 0 radical (unpaired) electrons. The molecule has 0 bridgehead atoms. The minimum Gasteiger partial charge on any atom is -0.444 e. The molecule has 0 aliphatic carbocycles. The van der Waals surface area contributed by atoms with E-state index in [9.17, 15) is 18.4 Å². The standard InChI is InChI=1S/C21H26F2N4O3/c1-21(2,3)30-20(29)25-16(11-14-10-15(22)4-5-17(14)23)12-19(28)27-9-8-26-7-6-24-18(26)13-27/h4-7,10,16H,8-9,11-13H2,1-3H3,(H,25,29). The Hall–Kier alpha value is -2.97. The second-order valence-electron chi connectivity index (χ2n) is 8.34. The number of benzene rings is 1. The van der Waals surface area contributed by atoms with Gasteiger partial charge in [-0.25, -0.2) is 18.6 Å². The van der Waals surface area contributed by atoms with Crippen LogP contribution in [0.5, 0.6) is 0 Å². The molecule has 7 nitrogen and oxygen atoms in total. The monoisotopic (exact) mass is 420 g/mol. The van der Waals surface area contributed by atoms with Crippen LogP contribution in [0, 0.1) is 11.6 Å². The van der Waals surface area contributed by atoms with Crippen LogP contribution in [0.15, 0.2) is 30.6 Å². The van der Waals surface area contributed by atoms with E-state index in [-0.39, 0.29) is 24.3 Å². The van der Waals surface area contributed by atoms with E-state index in [4.69, 9.17) is 4.74 Å². The van der Waals surface area contributed by atoms with Crippen molar-refractivity contribution in [3.8, 4) is 0 Å². The summed E-state index contributed by atoms with van der Waals surface area (Å²) in [6.45, 7) is 6.65. The molecule has 0 saturated heterocycles. The van der Waals surface area contributed by atoms with Gasteiger partial charge in [-0.15, -0.1) is 0 Å². The number of halogens is 2. The lowest BCUT2D eigenvalue weighted by molar-refractivity contribution is -0.133. The third-order valence-corrected chi connectivity index (χ3v) is 4.71. The molecule has 3 rings (SSSR count). The van der Waals surface area contributed by atoms with Gasteiger partial charge in [0.25, 0.3) is 0 Å². The van der Waals surface area contributed by atoms with Crippen LogP contribution >= 0.6 is 0 Å². The molecule has 2 aromatic rings. The van der Waals surface area contributed by atoms with Crippen LogP contribution in [0.2, 0.25) is 0 Å². The summed E-state index contributed by atoms with van der Waals surface area (Å²) in [6.07, 6.45) is 2.71. The van der Waals surface area contributed by atoms with Crippen LogP contribution in [0.1, 0.15) is 38.6 Å². The number of hydrogen-bond donors (Lipinski definition) is 1. The SMILES string of the molecule is CC(C)(C)OC(=O)NC(CC(=O)N1CCn2ccnc2C1)Cc1cc(F)ccc1F.